The summed E-state index contributed by atoms with van der Waals surface area (Å²) in [6, 6.07) is 2.06. The zero-order valence-corrected chi connectivity index (χ0v) is 11.6. The average Bonchev–Trinajstić information content (AvgIpc) is 2.99. The molecular weight excluding hydrogens is 224 g/mol. The van der Waals surface area contributed by atoms with Crippen molar-refractivity contribution in [2.45, 2.75) is 51.4 Å². The highest BCUT2D eigenvalue weighted by molar-refractivity contribution is 5.17. The SMILES string of the molecule is CC(C)(CCC(C)(C)c1ccn[nH]1)c1cn[nH]c1. The third kappa shape index (κ3) is 2.63. The van der Waals surface area contributed by atoms with Crippen LogP contribution < -0.4 is 0 Å². The van der Waals surface area contributed by atoms with Gasteiger partial charge in [0.1, 0.15) is 0 Å². The third-order valence-electron chi connectivity index (χ3n) is 3.88. The molecule has 0 aliphatic heterocycles. The number of rotatable bonds is 5. The molecule has 0 fully saturated rings. The first-order valence-electron chi connectivity index (χ1n) is 6.41. The van der Waals surface area contributed by atoms with Crippen LogP contribution in [0.2, 0.25) is 0 Å². The molecule has 0 saturated carbocycles. The summed E-state index contributed by atoms with van der Waals surface area (Å²) < 4.78 is 0. The van der Waals surface area contributed by atoms with E-state index in [-0.39, 0.29) is 10.8 Å². The first-order valence-corrected chi connectivity index (χ1v) is 6.41. The first kappa shape index (κ1) is 12.9. The summed E-state index contributed by atoms with van der Waals surface area (Å²) in [7, 11) is 0. The molecule has 0 amide bonds. The van der Waals surface area contributed by atoms with E-state index in [1.165, 1.54) is 11.3 Å². The molecule has 0 spiro atoms. The van der Waals surface area contributed by atoms with Crippen LogP contribution in [0.3, 0.4) is 0 Å². The maximum Gasteiger partial charge on any atom is 0.0524 e. The van der Waals surface area contributed by atoms with Crippen molar-refractivity contribution in [2.24, 2.45) is 0 Å². The monoisotopic (exact) mass is 246 g/mol. The van der Waals surface area contributed by atoms with Crippen molar-refractivity contribution < 1.29 is 0 Å². The zero-order chi connectivity index (χ0) is 13.2. The van der Waals surface area contributed by atoms with Gasteiger partial charge in [0.25, 0.3) is 0 Å². The van der Waals surface area contributed by atoms with Gasteiger partial charge in [0.05, 0.1) is 6.20 Å². The summed E-state index contributed by atoms with van der Waals surface area (Å²) in [4.78, 5) is 0. The molecule has 2 rings (SSSR count). The van der Waals surface area contributed by atoms with E-state index in [9.17, 15) is 0 Å². The molecule has 4 heteroatoms. The second kappa shape index (κ2) is 4.59. The van der Waals surface area contributed by atoms with Gasteiger partial charge in [0.2, 0.25) is 0 Å². The van der Waals surface area contributed by atoms with Crippen molar-refractivity contribution in [3.63, 3.8) is 0 Å². The Morgan fingerprint density at radius 2 is 1.78 bits per heavy atom. The minimum Gasteiger partial charge on any atom is -0.285 e. The highest BCUT2D eigenvalue weighted by atomic mass is 15.1. The number of aromatic amines is 2. The van der Waals surface area contributed by atoms with Gasteiger partial charge >= 0.3 is 0 Å². The molecule has 0 aliphatic rings. The van der Waals surface area contributed by atoms with Crippen molar-refractivity contribution in [2.75, 3.05) is 0 Å². The van der Waals surface area contributed by atoms with Crippen molar-refractivity contribution >= 4 is 0 Å². The molecule has 0 aliphatic carbocycles. The molecule has 2 aromatic rings. The third-order valence-corrected chi connectivity index (χ3v) is 3.88. The molecule has 0 bridgehead atoms. The molecular formula is C14H22N4. The van der Waals surface area contributed by atoms with Crippen LogP contribution in [0.4, 0.5) is 0 Å². The Morgan fingerprint density at radius 1 is 1.06 bits per heavy atom. The standard InChI is InChI=1S/C14H22N4/c1-13(2,11-9-16-17-10-11)6-7-14(3,4)12-5-8-15-18-12/h5,8-10H,6-7H2,1-4H3,(H,15,18)(H,16,17). The maximum absolute atomic E-state index is 4.04. The van der Waals surface area contributed by atoms with Crippen molar-refractivity contribution in [3.05, 3.63) is 35.9 Å². The minimum absolute atomic E-state index is 0.123. The van der Waals surface area contributed by atoms with Crippen LogP contribution in [0.1, 0.15) is 51.8 Å². The molecule has 2 heterocycles. The number of hydrogen-bond donors (Lipinski definition) is 2. The van der Waals surface area contributed by atoms with Crippen LogP contribution in [0.25, 0.3) is 0 Å². The minimum atomic E-state index is 0.123. The summed E-state index contributed by atoms with van der Waals surface area (Å²) in [5.41, 5.74) is 2.73. The van der Waals surface area contributed by atoms with Gasteiger partial charge < -0.3 is 0 Å². The topological polar surface area (TPSA) is 57.4 Å². The summed E-state index contributed by atoms with van der Waals surface area (Å²) in [6.07, 6.45) is 7.94. The van der Waals surface area contributed by atoms with E-state index in [0.29, 0.717) is 0 Å². The van der Waals surface area contributed by atoms with Gasteiger partial charge in [-0.25, -0.2) is 0 Å². The highest BCUT2D eigenvalue weighted by Crippen LogP contribution is 2.34. The highest BCUT2D eigenvalue weighted by Gasteiger charge is 2.28. The fraction of sp³-hybridized carbons (Fsp3) is 0.571. The smallest absolute Gasteiger partial charge is 0.0524 e. The van der Waals surface area contributed by atoms with Gasteiger partial charge in [0.15, 0.2) is 0 Å². The lowest BCUT2D eigenvalue weighted by atomic mass is 9.75. The zero-order valence-electron chi connectivity index (χ0n) is 11.6. The second-order valence-electron chi connectivity index (χ2n) is 6.23. The summed E-state index contributed by atoms with van der Waals surface area (Å²) in [6.45, 7) is 9.04. The average molecular weight is 246 g/mol. The fourth-order valence-electron chi connectivity index (χ4n) is 2.16. The molecule has 2 N–H and O–H groups in total. The number of aromatic nitrogens is 4. The Balaban J connectivity index is 2.03. The summed E-state index contributed by atoms with van der Waals surface area (Å²) in [5, 5.41) is 14.1. The lowest BCUT2D eigenvalue weighted by molar-refractivity contribution is 0.369. The van der Waals surface area contributed by atoms with Gasteiger partial charge in [-0.15, -0.1) is 0 Å². The number of nitrogens with zero attached hydrogens (tertiary/aromatic N) is 2. The van der Waals surface area contributed by atoms with Crippen molar-refractivity contribution in [1.29, 1.82) is 0 Å². The molecule has 98 valence electrons. The van der Waals surface area contributed by atoms with E-state index >= 15 is 0 Å². The lowest BCUT2D eigenvalue weighted by Crippen LogP contribution is -2.24. The fourth-order valence-corrected chi connectivity index (χ4v) is 2.16. The van der Waals surface area contributed by atoms with Gasteiger partial charge in [0, 0.05) is 23.5 Å². The summed E-state index contributed by atoms with van der Waals surface area (Å²) in [5.74, 6) is 0. The number of nitrogens with one attached hydrogen (secondary N) is 2. The Morgan fingerprint density at radius 3 is 2.33 bits per heavy atom. The van der Waals surface area contributed by atoms with Crippen LogP contribution >= 0.6 is 0 Å². The summed E-state index contributed by atoms with van der Waals surface area (Å²) >= 11 is 0. The first-order chi connectivity index (χ1) is 8.42. The molecule has 0 atom stereocenters. The van der Waals surface area contributed by atoms with E-state index in [1.54, 1.807) is 0 Å². The Hall–Kier alpha value is -1.58. The molecule has 0 radical (unpaired) electrons. The molecule has 0 unspecified atom stereocenters. The maximum atomic E-state index is 4.04. The van der Waals surface area contributed by atoms with E-state index in [0.717, 1.165) is 12.8 Å². The van der Waals surface area contributed by atoms with Crippen molar-refractivity contribution in [3.8, 4) is 0 Å². The predicted molar refractivity (Wildman–Crippen MR) is 72.5 cm³/mol. The van der Waals surface area contributed by atoms with Crippen LogP contribution in [0, 0.1) is 0 Å². The van der Waals surface area contributed by atoms with Crippen molar-refractivity contribution in [1.82, 2.24) is 20.4 Å². The van der Waals surface area contributed by atoms with E-state index in [2.05, 4.69) is 54.2 Å². The van der Waals surface area contributed by atoms with E-state index in [4.69, 9.17) is 0 Å². The van der Waals surface area contributed by atoms with E-state index < -0.39 is 0 Å². The normalized spacial score (nSPS) is 12.9. The largest absolute Gasteiger partial charge is 0.285 e. The molecule has 0 saturated heterocycles. The predicted octanol–water partition coefficient (Wildman–Crippen LogP) is 3.17. The number of hydrogen-bond acceptors (Lipinski definition) is 2. The van der Waals surface area contributed by atoms with E-state index in [1.807, 2.05) is 18.6 Å². The molecule has 18 heavy (non-hydrogen) atoms. The van der Waals surface area contributed by atoms with Gasteiger partial charge in [-0.1, -0.05) is 27.7 Å². The van der Waals surface area contributed by atoms with Gasteiger partial charge in [-0.2, -0.15) is 10.2 Å². The Kier molecular flexibility index (Phi) is 3.28. The quantitative estimate of drug-likeness (QED) is 0.851. The molecule has 2 aromatic heterocycles. The van der Waals surface area contributed by atoms with Crippen LogP contribution in [-0.4, -0.2) is 20.4 Å². The van der Waals surface area contributed by atoms with Gasteiger partial charge in [-0.05, 0) is 29.9 Å². The Labute approximate surface area is 108 Å². The Bertz CT molecular complexity index is 420. The van der Waals surface area contributed by atoms with Gasteiger partial charge in [-0.3, -0.25) is 10.2 Å². The number of H-pyrrole nitrogens is 2. The lowest BCUT2D eigenvalue weighted by Gasteiger charge is -2.30. The molecule has 4 nitrogen and oxygen atoms in total. The second-order valence-corrected chi connectivity index (χ2v) is 6.23. The molecule has 0 aromatic carbocycles. The van der Waals surface area contributed by atoms with Crippen LogP contribution in [0.5, 0.6) is 0 Å². The van der Waals surface area contributed by atoms with Crippen LogP contribution in [-0.2, 0) is 10.8 Å². The van der Waals surface area contributed by atoms with Crippen LogP contribution in [0.15, 0.2) is 24.7 Å².